The van der Waals surface area contributed by atoms with Crippen LogP contribution < -0.4 is 10.2 Å². The van der Waals surface area contributed by atoms with Crippen LogP contribution in [0.3, 0.4) is 0 Å². The van der Waals surface area contributed by atoms with E-state index >= 15 is 0 Å². The normalized spacial score (nSPS) is 15.1. The fourth-order valence-electron chi connectivity index (χ4n) is 3.32. The van der Waals surface area contributed by atoms with Crippen LogP contribution >= 0.6 is 0 Å². The third-order valence-electron chi connectivity index (χ3n) is 4.72. The van der Waals surface area contributed by atoms with Gasteiger partial charge in [-0.05, 0) is 18.2 Å². The van der Waals surface area contributed by atoms with E-state index in [2.05, 4.69) is 5.32 Å². The van der Waals surface area contributed by atoms with Gasteiger partial charge in [0.15, 0.2) is 9.84 Å². The van der Waals surface area contributed by atoms with Crippen molar-refractivity contribution in [2.45, 2.75) is 4.90 Å². The summed E-state index contributed by atoms with van der Waals surface area (Å²) in [6, 6.07) is 12.9. The highest BCUT2D eigenvalue weighted by Crippen LogP contribution is 2.28. The second-order valence-electron chi connectivity index (χ2n) is 6.83. The van der Waals surface area contributed by atoms with Crippen LogP contribution in [0.2, 0.25) is 0 Å². The number of para-hydroxylation sites is 3. The van der Waals surface area contributed by atoms with Crippen molar-refractivity contribution >= 4 is 32.8 Å². The number of benzene rings is 2. The van der Waals surface area contributed by atoms with Crippen molar-refractivity contribution in [3.63, 3.8) is 0 Å². The fourth-order valence-corrected chi connectivity index (χ4v) is 4.16. The van der Waals surface area contributed by atoms with E-state index in [1.807, 2.05) is 9.80 Å². The summed E-state index contributed by atoms with van der Waals surface area (Å²) in [6.45, 7) is 2.35. The number of nitrogens with zero attached hydrogens (tertiary/aromatic N) is 3. The largest absolute Gasteiger partial charge is 0.363 e. The maximum absolute atomic E-state index is 12.4. The van der Waals surface area contributed by atoms with Crippen molar-refractivity contribution in [3.8, 4) is 0 Å². The molecule has 9 nitrogen and oxygen atoms in total. The topological polar surface area (TPSA) is 113 Å². The molecule has 0 aliphatic carbocycles. The van der Waals surface area contributed by atoms with Gasteiger partial charge < -0.3 is 10.2 Å². The van der Waals surface area contributed by atoms with Crippen LogP contribution in [0.4, 0.5) is 17.1 Å². The summed E-state index contributed by atoms with van der Waals surface area (Å²) >= 11 is 0. The number of rotatable bonds is 6. The maximum Gasteiger partial charge on any atom is 0.292 e. The summed E-state index contributed by atoms with van der Waals surface area (Å²) in [5, 5.41) is 13.9. The quantitative estimate of drug-likeness (QED) is 0.562. The summed E-state index contributed by atoms with van der Waals surface area (Å²) in [5.41, 5.74) is 0.901. The van der Waals surface area contributed by atoms with Crippen LogP contribution in [0.1, 0.15) is 0 Å². The molecule has 154 valence electrons. The van der Waals surface area contributed by atoms with Crippen molar-refractivity contribution in [1.29, 1.82) is 0 Å². The van der Waals surface area contributed by atoms with Crippen LogP contribution in [-0.4, -0.2) is 63.1 Å². The van der Waals surface area contributed by atoms with E-state index in [0.717, 1.165) is 6.26 Å². The Balaban J connectivity index is 1.60. The molecule has 1 aliphatic heterocycles. The Labute approximate surface area is 169 Å². The van der Waals surface area contributed by atoms with E-state index < -0.39 is 14.8 Å². The first-order valence-electron chi connectivity index (χ1n) is 9.05. The lowest BCUT2D eigenvalue weighted by atomic mass is 10.2. The van der Waals surface area contributed by atoms with E-state index in [4.69, 9.17) is 0 Å². The highest BCUT2D eigenvalue weighted by atomic mass is 32.2. The molecule has 0 spiro atoms. The van der Waals surface area contributed by atoms with E-state index in [-0.39, 0.29) is 28.7 Å². The van der Waals surface area contributed by atoms with Gasteiger partial charge in [0.25, 0.3) is 5.69 Å². The first-order valence-corrected chi connectivity index (χ1v) is 10.9. The number of nitrogens with one attached hydrogen (secondary N) is 1. The molecule has 0 bridgehead atoms. The smallest absolute Gasteiger partial charge is 0.292 e. The Hall–Kier alpha value is -2.98. The number of carbonyl (C=O) groups excluding carboxylic acids is 1. The first-order chi connectivity index (χ1) is 13.8. The van der Waals surface area contributed by atoms with E-state index in [1.165, 1.54) is 12.1 Å². The molecular weight excluding hydrogens is 396 g/mol. The fraction of sp³-hybridized carbons (Fsp3) is 0.316. The van der Waals surface area contributed by atoms with Gasteiger partial charge in [0.05, 0.1) is 22.1 Å². The average molecular weight is 418 g/mol. The molecule has 10 heteroatoms. The van der Waals surface area contributed by atoms with E-state index in [9.17, 15) is 23.3 Å². The van der Waals surface area contributed by atoms with Crippen molar-refractivity contribution in [2.75, 3.05) is 49.2 Å². The molecule has 0 atom stereocenters. The molecule has 3 rings (SSSR count). The highest BCUT2D eigenvalue weighted by molar-refractivity contribution is 7.90. The number of anilines is 2. The Morgan fingerprint density at radius 1 is 1.07 bits per heavy atom. The lowest BCUT2D eigenvalue weighted by molar-refractivity contribution is -0.384. The van der Waals surface area contributed by atoms with Gasteiger partial charge in [-0.3, -0.25) is 19.8 Å². The van der Waals surface area contributed by atoms with E-state index in [0.29, 0.717) is 31.9 Å². The second-order valence-corrected chi connectivity index (χ2v) is 8.81. The zero-order valence-corrected chi connectivity index (χ0v) is 16.8. The third-order valence-corrected chi connectivity index (χ3v) is 5.87. The molecule has 2 aromatic carbocycles. The SMILES string of the molecule is CS(=O)(=O)c1ccccc1NC(=O)CN1CCN(c2ccccc2[N+](=O)[O-])CC1. The van der Waals surface area contributed by atoms with Crippen LogP contribution in [0.25, 0.3) is 0 Å². The van der Waals surface area contributed by atoms with Gasteiger partial charge in [0.1, 0.15) is 5.69 Å². The minimum atomic E-state index is -3.45. The van der Waals surface area contributed by atoms with Gasteiger partial charge in [-0.1, -0.05) is 24.3 Å². The highest BCUT2D eigenvalue weighted by Gasteiger charge is 2.24. The molecule has 1 fully saturated rings. The van der Waals surface area contributed by atoms with Gasteiger partial charge in [0.2, 0.25) is 5.91 Å². The van der Waals surface area contributed by atoms with Crippen LogP contribution in [-0.2, 0) is 14.6 Å². The summed E-state index contributed by atoms with van der Waals surface area (Å²) in [6.07, 6.45) is 1.10. The van der Waals surface area contributed by atoms with Gasteiger partial charge in [-0.2, -0.15) is 0 Å². The Morgan fingerprint density at radius 3 is 2.34 bits per heavy atom. The van der Waals surface area contributed by atoms with Gasteiger partial charge in [-0.15, -0.1) is 0 Å². The van der Waals surface area contributed by atoms with Crippen molar-refractivity contribution in [1.82, 2.24) is 4.90 Å². The minimum absolute atomic E-state index is 0.0658. The van der Waals surface area contributed by atoms with Gasteiger partial charge in [-0.25, -0.2) is 8.42 Å². The number of nitro groups is 1. The van der Waals surface area contributed by atoms with Gasteiger partial charge in [0, 0.05) is 38.5 Å². The molecule has 2 aromatic rings. The third kappa shape index (κ3) is 5.09. The summed E-state index contributed by atoms with van der Waals surface area (Å²) in [4.78, 5) is 27.2. The number of hydrogen-bond acceptors (Lipinski definition) is 7. The molecule has 29 heavy (non-hydrogen) atoms. The monoisotopic (exact) mass is 418 g/mol. The second kappa shape index (κ2) is 8.58. The molecule has 1 amide bonds. The van der Waals surface area contributed by atoms with Crippen LogP contribution in [0.5, 0.6) is 0 Å². The predicted octanol–water partition coefficient (Wildman–Crippen LogP) is 1.76. The lowest BCUT2D eigenvalue weighted by Gasteiger charge is -2.35. The summed E-state index contributed by atoms with van der Waals surface area (Å²) in [5.74, 6) is -0.305. The number of amides is 1. The molecule has 0 unspecified atom stereocenters. The Kier molecular flexibility index (Phi) is 6.14. The Morgan fingerprint density at radius 2 is 1.69 bits per heavy atom. The van der Waals surface area contributed by atoms with Crippen LogP contribution in [0.15, 0.2) is 53.4 Å². The minimum Gasteiger partial charge on any atom is -0.363 e. The van der Waals surface area contributed by atoms with Gasteiger partial charge >= 0.3 is 0 Å². The molecule has 1 saturated heterocycles. The van der Waals surface area contributed by atoms with Crippen molar-refractivity contribution in [3.05, 3.63) is 58.6 Å². The van der Waals surface area contributed by atoms with Crippen molar-refractivity contribution in [2.24, 2.45) is 0 Å². The lowest BCUT2D eigenvalue weighted by Crippen LogP contribution is -2.48. The number of hydrogen-bond donors (Lipinski definition) is 1. The maximum atomic E-state index is 12.4. The van der Waals surface area contributed by atoms with Crippen LogP contribution in [0, 0.1) is 10.1 Å². The predicted molar refractivity (Wildman–Crippen MR) is 110 cm³/mol. The van der Waals surface area contributed by atoms with E-state index in [1.54, 1.807) is 36.4 Å². The average Bonchev–Trinajstić information content (AvgIpc) is 2.68. The first kappa shape index (κ1) is 20.7. The number of carbonyl (C=O) groups is 1. The summed E-state index contributed by atoms with van der Waals surface area (Å²) in [7, 11) is -3.45. The zero-order chi connectivity index (χ0) is 21.0. The Bertz CT molecular complexity index is 1020. The number of sulfone groups is 1. The van der Waals surface area contributed by atoms with Crippen molar-refractivity contribution < 1.29 is 18.1 Å². The molecule has 1 aliphatic rings. The molecule has 0 aromatic heterocycles. The molecule has 1 heterocycles. The molecular formula is C19H22N4O5S. The number of nitro benzene ring substituents is 1. The number of piperazine rings is 1. The standard InChI is InChI=1S/C19H22N4O5S/c1-29(27,28)18-9-5-2-6-15(18)20-19(24)14-21-10-12-22(13-11-21)16-7-3-4-8-17(16)23(25)26/h2-9H,10-14H2,1H3,(H,20,24). The summed E-state index contributed by atoms with van der Waals surface area (Å²) < 4.78 is 23.7. The molecule has 0 radical (unpaired) electrons. The molecule has 0 saturated carbocycles. The molecule has 1 N–H and O–H groups in total. The zero-order valence-electron chi connectivity index (χ0n) is 15.9.